The molecule has 0 saturated heterocycles. The van der Waals surface area contributed by atoms with E-state index >= 15 is 0 Å². The molecule has 0 spiro atoms. The number of hydrogen-bond acceptors (Lipinski definition) is 5. The number of amides is 1. The van der Waals surface area contributed by atoms with Crippen LogP contribution in [0.3, 0.4) is 0 Å². The van der Waals surface area contributed by atoms with Crippen LogP contribution >= 0.6 is 34.5 Å². The van der Waals surface area contributed by atoms with Crippen molar-refractivity contribution in [2.45, 2.75) is 17.2 Å². The van der Waals surface area contributed by atoms with Gasteiger partial charge in [-0.25, -0.2) is 8.42 Å². The Labute approximate surface area is 189 Å². The standard InChI is InChI=1S/C20H18Cl2N2O4S2/c1-13(20(25)23-17-6-3-5-16(21)19(17)22)28-15-10-8-14(9-11-15)24(2)30(26,27)18-7-4-12-29-18/h3-13H,1-2H3,(H,23,25). The molecule has 2 aromatic carbocycles. The third-order valence-corrected chi connectivity index (χ3v) is 8.18. The molecule has 1 N–H and O–H groups in total. The first-order valence-corrected chi connectivity index (χ1v) is 11.8. The number of nitrogens with zero attached hydrogens (tertiary/aromatic N) is 1. The Morgan fingerprint density at radius 1 is 1.10 bits per heavy atom. The maximum Gasteiger partial charge on any atom is 0.273 e. The zero-order valence-electron chi connectivity index (χ0n) is 16.0. The van der Waals surface area contributed by atoms with E-state index in [1.54, 1.807) is 66.9 Å². The summed E-state index contributed by atoms with van der Waals surface area (Å²) in [5.41, 5.74) is 0.860. The third-order valence-electron chi connectivity index (χ3n) is 4.20. The lowest BCUT2D eigenvalue weighted by Crippen LogP contribution is -2.30. The van der Waals surface area contributed by atoms with Crippen LogP contribution in [-0.2, 0) is 14.8 Å². The highest BCUT2D eigenvalue weighted by Crippen LogP contribution is 2.30. The molecule has 1 unspecified atom stereocenters. The van der Waals surface area contributed by atoms with Crippen molar-refractivity contribution in [1.29, 1.82) is 0 Å². The Morgan fingerprint density at radius 2 is 1.80 bits per heavy atom. The monoisotopic (exact) mass is 484 g/mol. The largest absolute Gasteiger partial charge is 0.481 e. The summed E-state index contributed by atoms with van der Waals surface area (Å²) in [6.07, 6.45) is -0.821. The summed E-state index contributed by atoms with van der Waals surface area (Å²) in [6.45, 7) is 1.59. The molecule has 6 nitrogen and oxygen atoms in total. The Hall–Kier alpha value is -2.26. The van der Waals surface area contributed by atoms with E-state index < -0.39 is 22.0 Å². The van der Waals surface area contributed by atoms with Crippen LogP contribution in [0.5, 0.6) is 5.75 Å². The van der Waals surface area contributed by atoms with Crippen LogP contribution in [0.25, 0.3) is 0 Å². The highest BCUT2D eigenvalue weighted by molar-refractivity contribution is 7.94. The molecule has 0 aliphatic rings. The fourth-order valence-corrected chi connectivity index (χ4v) is 5.22. The lowest BCUT2D eigenvalue weighted by molar-refractivity contribution is -0.122. The minimum atomic E-state index is -3.62. The molecular weight excluding hydrogens is 467 g/mol. The van der Waals surface area contributed by atoms with E-state index in [0.717, 1.165) is 11.3 Å². The molecule has 10 heteroatoms. The lowest BCUT2D eigenvalue weighted by Gasteiger charge is -2.19. The summed E-state index contributed by atoms with van der Waals surface area (Å²) < 4.78 is 32.3. The van der Waals surface area contributed by atoms with Crippen LogP contribution in [0.15, 0.2) is 64.2 Å². The lowest BCUT2D eigenvalue weighted by atomic mass is 10.2. The Morgan fingerprint density at radius 3 is 2.43 bits per heavy atom. The van der Waals surface area contributed by atoms with Crippen LogP contribution in [0, 0.1) is 0 Å². The van der Waals surface area contributed by atoms with Crippen molar-refractivity contribution in [3.63, 3.8) is 0 Å². The van der Waals surface area contributed by atoms with Crippen molar-refractivity contribution < 1.29 is 17.9 Å². The molecule has 0 aliphatic heterocycles. The van der Waals surface area contributed by atoms with Gasteiger partial charge in [0.15, 0.2) is 6.10 Å². The molecule has 0 aliphatic carbocycles. The molecular formula is C20H18Cl2N2O4S2. The van der Waals surface area contributed by atoms with Crippen LogP contribution in [-0.4, -0.2) is 27.5 Å². The van der Waals surface area contributed by atoms with Crippen molar-refractivity contribution in [1.82, 2.24) is 0 Å². The number of ether oxygens (including phenoxy) is 1. The van der Waals surface area contributed by atoms with E-state index in [9.17, 15) is 13.2 Å². The van der Waals surface area contributed by atoms with Crippen molar-refractivity contribution >= 4 is 61.8 Å². The minimum Gasteiger partial charge on any atom is -0.481 e. The summed E-state index contributed by atoms with van der Waals surface area (Å²) in [4.78, 5) is 12.4. The van der Waals surface area contributed by atoms with Crippen molar-refractivity contribution in [3.05, 3.63) is 70.0 Å². The molecule has 0 bridgehead atoms. The average Bonchev–Trinajstić information content (AvgIpc) is 3.27. The van der Waals surface area contributed by atoms with Crippen LogP contribution in [0.2, 0.25) is 10.0 Å². The second-order valence-electron chi connectivity index (χ2n) is 6.25. The van der Waals surface area contributed by atoms with E-state index in [1.165, 1.54) is 11.4 Å². The zero-order chi connectivity index (χ0) is 21.9. The molecule has 30 heavy (non-hydrogen) atoms. The maximum atomic E-state index is 12.6. The van der Waals surface area contributed by atoms with Gasteiger partial charge < -0.3 is 10.1 Å². The number of nitrogens with one attached hydrogen (secondary N) is 1. The molecule has 0 radical (unpaired) electrons. The van der Waals surface area contributed by atoms with Gasteiger partial charge in [-0.15, -0.1) is 11.3 Å². The van der Waals surface area contributed by atoms with Gasteiger partial charge in [-0.05, 0) is 54.8 Å². The Balaban J connectivity index is 1.66. The predicted octanol–water partition coefficient (Wildman–Crippen LogP) is 5.29. The first-order valence-electron chi connectivity index (χ1n) is 8.74. The first-order chi connectivity index (χ1) is 14.2. The van der Waals surface area contributed by atoms with E-state index in [1.807, 2.05) is 0 Å². The van der Waals surface area contributed by atoms with Crippen molar-refractivity contribution in [2.24, 2.45) is 0 Å². The number of carbonyl (C=O) groups excluding carboxylic acids is 1. The SMILES string of the molecule is CC(Oc1ccc(N(C)S(=O)(=O)c2cccs2)cc1)C(=O)Nc1cccc(Cl)c1Cl. The fourth-order valence-electron chi connectivity index (χ4n) is 2.51. The van der Waals surface area contributed by atoms with Gasteiger partial charge in [-0.1, -0.05) is 35.3 Å². The number of sulfonamides is 1. The third kappa shape index (κ3) is 4.89. The molecule has 158 valence electrons. The van der Waals surface area contributed by atoms with Crippen LogP contribution in [0.4, 0.5) is 11.4 Å². The fraction of sp³-hybridized carbons (Fsp3) is 0.150. The van der Waals surface area contributed by atoms with E-state index in [4.69, 9.17) is 27.9 Å². The summed E-state index contributed by atoms with van der Waals surface area (Å²) in [7, 11) is -2.13. The summed E-state index contributed by atoms with van der Waals surface area (Å²) in [5, 5.41) is 4.96. The van der Waals surface area contributed by atoms with Crippen molar-refractivity contribution in [2.75, 3.05) is 16.7 Å². The second kappa shape index (κ2) is 9.26. The van der Waals surface area contributed by atoms with Gasteiger partial charge in [0.25, 0.3) is 15.9 Å². The molecule has 3 aromatic rings. The molecule has 1 amide bonds. The zero-order valence-corrected chi connectivity index (χ0v) is 19.1. The molecule has 1 heterocycles. The second-order valence-corrected chi connectivity index (χ2v) is 10.2. The molecule has 1 atom stereocenters. The van der Waals surface area contributed by atoms with Gasteiger partial charge in [0, 0.05) is 7.05 Å². The molecule has 1 aromatic heterocycles. The normalized spacial score (nSPS) is 12.3. The smallest absolute Gasteiger partial charge is 0.273 e. The average molecular weight is 485 g/mol. The number of halogens is 2. The quantitative estimate of drug-likeness (QED) is 0.494. The van der Waals surface area contributed by atoms with Gasteiger partial charge >= 0.3 is 0 Å². The van der Waals surface area contributed by atoms with Crippen molar-refractivity contribution in [3.8, 4) is 5.75 Å². The van der Waals surface area contributed by atoms with Gasteiger partial charge in [-0.2, -0.15) is 0 Å². The molecule has 0 saturated carbocycles. The van der Waals surface area contributed by atoms with Gasteiger partial charge in [0.2, 0.25) is 0 Å². The van der Waals surface area contributed by atoms with E-state index in [2.05, 4.69) is 5.32 Å². The Bertz CT molecular complexity index is 1130. The number of anilines is 2. The number of benzene rings is 2. The van der Waals surface area contributed by atoms with Crippen LogP contribution < -0.4 is 14.4 Å². The number of hydrogen-bond donors (Lipinski definition) is 1. The van der Waals surface area contributed by atoms with Gasteiger partial charge in [0.1, 0.15) is 9.96 Å². The highest BCUT2D eigenvalue weighted by Gasteiger charge is 2.22. The summed E-state index contributed by atoms with van der Waals surface area (Å²) in [5.74, 6) is 0.0150. The maximum absolute atomic E-state index is 12.6. The highest BCUT2D eigenvalue weighted by atomic mass is 35.5. The van der Waals surface area contributed by atoms with E-state index in [-0.39, 0.29) is 9.23 Å². The van der Waals surface area contributed by atoms with E-state index in [0.29, 0.717) is 22.1 Å². The number of thiophene rings is 1. The molecule has 0 fully saturated rings. The predicted molar refractivity (Wildman–Crippen MR) is 122 cm³/mol. The van der Waals surface area contributed by atoms with Gasteiger partial charge in [-0.3, -0.25) is 9.10 Å². The first kappa shape index (κ1) is 22.4. The Kier molecular flexibility index (Phi) is 6.92. The summed E-state index contributed by atoms with van der Waals surface area (Å²) in [6, 6.07) is 14.6. The topological polar surface area (TPSA) is 75.7 Å². The summed E-state index contributed by atoms with van der Waals surface area (Å²) >= 11 is 13.2. The van der Waals surface area contributed by atoms with Gasteiger partial charge in [0.05, 0.1) is 21.4 Å². The minimum absolute atomic E-state index is 0.249. The molecule has 3 rings (SSSR count). The number of carbonyl (C=O) groups is 1. The van der Waals surface area contributed by atoms with Crippen LogP contribution in [0.1, 0.15) is 6.92 Å². The number of rotatable bonds is 7.